The first-order valence-corrected chi connectivity index (χ1v) is 5.44. The second-order valence-corrected chi connectivity index (χ2v) is 4.16. The molecule has 0 bridgehead atoms. The maximum Gasteiger partial charge on any atom is 0.225 e. The summed E-state index contributed by atoms with van der Waals surface area (Å²) >= 11 is 0. The molecule has 1 rings (SSSR count). The van der Waals surface area contributed by atoms with E-state index in [0.717, 1.165) is 6.54 Å². The molecule has 0 atom stereocenters. The summed E-state index contributed by atoms with van der Waals surface area (Å²) in [4.78, 5) is 10.5. The van der Waals surface area contributed by atoms with Crippen LogP contribution in [0.15, 0.2) is 18.5 Å². The number of nitrogens with zero attached hydrogens (tertiary/aromatic N) is 3. The van der Waals surface area contributed by atoms with E-state index >= 15 is 0 Å². The van der Waals surface area contributed by atoms with Gasteiger partial charge in [-0.15, -0.1) is 0 Å². The molecule has 0 unspecified atom stereocenters. The van der Waals surface area contributed by atoms with Crippen LogP contribution in [0.1, 0.15) is 20.3 Å². The molecular formula is C11H19N5. The van der Waals surface area contributed by atoms with Gasteiger partial charge in [-0.2, -0.15) is 0 Å². The Hall–Kier alpha value is -1.65. The van der Waals surface area contributed by atoms with E-state index in [0.29, 0.717) is 24.8 Å². The second kappa shape index (κ2) is 6.05. The summed E-state index contributed by atoms with van der Waals surface area (Å²) in [6, 6.07) is 1.79. The highest BCUT2D eigenvalue weighted by molar-refractivity contribution is 5.77. The third-order valence-corrected chi connectivity index (χ3v) is 2.07. The van der Waals surface area contributed by atoms with Crippen LogP contribution in [0, 0.1) is 11.3 Å². The van der Waals surface area contributed by atoms with Crippen molar-refractivity contribution in [3.8, 4) is 0 Å². The van der Waals surface area contributed by atoms with Crippen molar-refractivity contribution in [1.29, 1.82) is 5.41 Å². The zero-order valence-electron chi connectivity index (χ0n) is 9.85. The van der Waals surface area contributed by atoms with E-state index in [1.54, 1.807) is 18.5 Å². The average molecular weight is 221 g/mol. The predicted molar refractivity (Wildman–Crippen MR) is 65.6 cm³/mol. The Morgan fingerprint density at radius 3 is 2.56 bits per heavy atom. The van der Waals surface area contributed by atoms with Crippen molar-refractivity contribution in [2.75, 3.05) is 18.0 Å². The van der Waals surface area contributed by atoms with E-state index in [1.165, 1.54) is 0 Å². The van der Waals surface area contributed by atoms with Crippen molar-refractivity contribution in [1.82, 2.24) is 9.97 Å². The number of nitrogens with two attached hydrogens (primary N) is 1. The average Bonchev–Trinajstić information content (AvgIpc) is 2.25. The number of anilines is 1. The van der Waals surface area contributed by atoms with Gasteiger partial charge in [0.25, 0.3) is 0 Å². The minimum atomic E-state index is 0.199. The summed E-state index contributed by atoms with van der Waals surface area (Å²) in [5.41, 5.74) is 5.37. The molecule has 0 radical (unpaired) electrons. The van der Waals surface area contributed by atoms with Crippen LogP contribution in [0.2, 0.25) is 0 Å². The molecule has 1 aromatic heterocycles. The highest BCUT2D eigenvalue weighted by Gasteiger charge is 2.10. The lowest BCUT2D eigenvalue weighted by molar-refractivity contribution is 0.603. The first kappa shape index (κ1) is 12.4. The van der Waals surface area contributed by atoms with Crippen LogP contribution in [0.4, 0.5) is 5.95 Å². The maximum atomic E-state index is 7.24. The first-order valence-electron chi connectivity index (χ1n) is 5.44. The van der Waals surface area contributed by atoms with Gasteiger partial charge in [-0.25, -0.2) is 9.97 Å². The normalized spacial score (nSPS) is 10.4. The van der Waals surface area contributed by atoms with Crippen LogP contribution < -0.4 is 10.6 Å². The third kappa shape index (κ3) is 4.25. The Balaban J connectivity index is 2.67. The molecule has 0 aliphatic heterocycles. The quantitative estimate of drug-likeness (QED) is 0.560. The standard InChI is InChI=1S/C11H19N5/c1-9(2)8-16(7-4-10(12)13)11-14-5-3-6-15-11/h3,5-6,9H,4,7-8H2,1-2H3,(H3,12,13). The van der Waals surface area contributed by atoms with Crippen LogP contribution in [-0.2, 0) is 0 Å². The van der Waals surface area contributed by atoms with Crippen LogP contribution in [-0.4, -0.2) is 28.9 Å². The topological polar surface area (TPSA) is 78.9 Å². The summed E-state index contributed by atoms with van der Waals surface area (Å²) < 4.78 is 0. The van der Waals surface area contributed by atoms with Gasteiger partial charge in [0, 0.05) is 31.9 Å². The molecule has 0 aromatic carbocycles. The van der Waals surface area contributed by atoms with Crippen LogP contribution >= 0.6 is 0 Å². The van der Waals surface area contributed by atoms with E-state index in [9.17, 15) is 0 Å². The molecule has 0 saturated carbocycles. The molecule has 88 valence electrons. The number of amidine groups is 1. The van der Waals surface area contributed by atoms with Gasteiger partial charge in [-0.05, 0) is 12.0 Å². The smallest absolute Gasteiger partial charge is 0.225 e. The van der Waals surface area contributed by atoms with Crippen molar-refractivity contribution in [2.45, 2.75) is 20.3 Å². The molecule has 0 aliphatic rings. The van der Waals surface area contributed by atoms with Crippen LogP contribution in [0.25, 0.3) is 0 Å². The van der Waals surface area contributed by atoms with Crippen molar-refractivity contribution in [3.63, 3.8) is 0 Å². The van der Waals surface area contributed by atoms with E-state index in [2.05, 4.69) is 28.7 Å². The molecule has 1 aromatic rings. The minimum Gasteiger partial charge on any atom is -0.388 e. The first-order chi connectivity index (χ1) is 7.59. The third-order valence-electron chi connectivity index (χ3n) is 2.07. The summed E-state index contributed by atoms with van der Waals surface area (Å²) in [5, 5.41) is 7.24. The monoisotopic (exact) mass is 221 g/mol. The molecule has 1 heterocycles. The number of nitrogens with one attached hydrogen (secondary N) is 1. The Bertz CT molecular complexity index is 322. The lowest BCUT2D eigenvalue weighted by atomic mass is 10.2. The highest BCUT2D eigenvalue weighted by Crippen LogP contribution is 2.08. The molecule has 0 spiro atoms. The van der Waals surface area contributed by atoms with Gasteiger partial charge in [-0.1, -0.05) is 13.8 Å². The lowest BCUT2D eigenvalue weighted by Crippen LogP contribution is -2.32. The fourth-order valence-corrected chi connectivity index (χ4v) is 1.42. The molecule has 5 heteroatoms. The molecule has 3 N–H and O–H groups in total. The van der Waals surface area contributed by atoms with Gasteiger partial charge in [0.15, 0.2) is 0 Å². The van der Waals surface area contributed by atoms with Crippen molar-refractivity contribution < 1.29 is 0 Å². The van der Waals surface area contributed by atoms with Gasteiger partial charge in [0.1, 0.15) is 0 Å². The van der Waals surface area contributed by atoms with Crippen LogP contribution in [0.3, 0.4) is 0 Å². The summed E-state index contributed by atoms with van der Waals surface area (Å²) in [6.45, 7) is 5.85. The van der Waals surface area contributed by atoms with Gasteiger partial charge in [0.05, 0.1) is 5.84 Å². The van der Waals surface area contributed by atoms with E-state index in [1.807, 2.05) is 0 Å². The van der Waals surface area contributed by atoms with E-state index in [-0.39, 0.29) is 5.84 Å². The van der Waals surface area contributed by atoms with Gasteiger partial charge in [-0.3, -0.25) is 5.41 Å². The van der Waals surface area contributed by atoms with Crippen molar-refractivity contribution in [2.24, 2.45) is 11.7 Å². The molecule has 0 saturated heterocycles. The number of hydrogen-bond acceptors (Lipinski definition) is 4. The number of hydrogen-bond donors (Lipinski definition) is 2. The molecule has 0 aliphatic carbocycles. The minimum absolute atomic E-state index is 0.199. The second-order valence-electron chi connectivity index (χ2n) is 4.16. The molecule has 0 amide bonds. The summed E-state index contributed by atoms with van der Waals surface area (Å²) in [5.74, 6) is 1.43. The van der Waals surface area contributed by atoms with Crippen LogP contribution in [0.5, 0.6) is 0 Å². The molecule has 0 fully saturated rings. The number of aromatic nitrogens is 2. The van der Waals surface area contributed by atoms with Gasteiger partial charge < -0.3 is 10.6 Å². The summed E-state index contributed by atoms with van der Waals surface area (Å²) in [7, 11) is 0. The van der Waals surface area contributed by atoms with E-state index in [4.69, 9.17) is 11.1 Å². The Morgan fingerprint density at radius 1 is 1.44 bits per heavy atom. The SMILES string of the molecule is CC(C)CN(CCC(=N)N)c1ncccn1. The summed E-state index contributed by atoms with van der Waals surface area (Å²) in [6.07, 6.45) is 4.00. The lowest BCUT2D eigenvalue weighted by Gasteiger charge is -2.23. The zero-order chi connectivity index (χ0) is 12.0. The molecule has 5 nitrogen and oxygen atoms in total. The largest absolute Gasteiger partial charge is 0.388 e. The fourth-order valence-electron chi connectivity index (χ4n) is 1.42. The maximum absolute atomic E-state index is 7.24. The molecular weight excluding hydrogens is 202 g/mol. The Morgan fingerprint density at radius 2 is 2.06 bits per heavy atom. The Kier molecular flexibility index (Phi) is 4.69. The van der Waals surface area contributed by atoms with Crippen molar-refractivity contribution >= 4 is 11.8 Å². The Labute approximate surface area is 96.2 Å². The van der Waals surface area contributed by atoms with E-state index < -0.39 is 0 Å². The van der Waals surface area contributed by atoms with Gasteiger partial charge in [0.2, 0.25) is 5.95 Å². The molecule has 16 heavy (non-hydrogen) atoms. The fraction of sp³-hybridized carbons (Fsp3) is 0.545. The van der Waals surface area contributed by atoms with Gasteiger partial charge >= 0.3 is 0 Å². The number of rotatable bonds is 6. The zero-order valence-corrected chi connectivity index (χ0v) is 9.85. The van der Waals surface area contributed by atoms with Crippen molar-refractivity contribution in [3.05, 3.63) is 18.5 Å². The highest BCUT2D eigenvalue weighted by atomic mass is 15.2. The predicted octanol–water partition coefficient (Wildman–Crippen LogP) is 1.27.